The number of hydrogen-bond acceptors (Lipinski definition) is 2. The SMILES string of the molecule is CSC(=NCc1ccccc1)N(C)c1cc(Cl)cc(Cl)c1. The molecule has 0 atom stereocenters. The molecule has 0 aliphatic carbocycles. The Labute approximate surface area is 139 Å². The summed E-state index contributed by atoms with van der Waals surface area (Å²) in [6.07, 6.45) is 2.01. The molecule has 0 bridgehead atoms. The molecule has 0 aromatic heterocycles. The fourth-order valence-corrected chi connectivity index (χ4v) is 2.98. The van der Waals surface area contributed by atoms with Crippen molar-refractivity contribution in [1.29, 1.82) is 0 Å². The van der Waals surface area contributed by atoms with Crippen LogP contribution < -0.4 is 4.90 Å². The first-order chi connectivity index (χ1) is 10.1. The molecule has 2 aromatic carbocycles. The molecule has 21 heavy (non-hydrogen) atoms. The monoisotopic (exact) mass is 338 g/mol. The zero-order valence-electron chi connectivity index (χ0n) is 11.9. The van der Waals surface area contributed by atoms with E-state index < -0.39 is 0 Å². The standard InChI is InChI=1S/C16H16Cl2N2S/c1-20(15-9-13(17)8-14(18)10-15)16(21-2)19-11-12-6-4-3-5-7-12/h3-10H,11H2,1-2H3. The number of rotatable bonds is 3. The van der Waals surface area contributed by atoms with Crippen molar-refractivity contribution in [2.45, 2.75) is 6.54 Å². The van der Waals surface area contributed by atoms with Crippen LogP contribution in [0.4, 0.5) is 5.69 Å². The van der Waals surface area contributed by atoms with Gasteiger partial charge in [0, 0.05) is 22.8 Å². The van der Waals surface area contributed by atoms with Crippen LogP contribution in [0.1, 0.15) is 5.56 Å². The molecule has 0 unspecified atom stereocenters. The van der Waals surface area contributed by atoms with Crippen molar-refractivity contribution >= 4 is 45.8 Å². The Morgan fingerprint density at radius 1 is 1.10 bits per heavy atom. The molecule has 0 fully saturated rings. The summed E-state index contributed by atoms with van der Waals surface area (Å²) in [5.74, 6) is 0. The highest BCUT2D eigenvalue weighted by Gasteiger charge is 2.09. The maximum atomic E-state index is 6.06. The minimum atomic E-state index is 0.618. The van der Waals surface area contributed by atoms with Crippen molar-refractivity contribution < 1.29 is 0 Å². The highest BCUT2D eigenvalue weighted by atomic mass is 35.5. The van der Waals surface area contributed by atoms with Crippen LogP contribution in [-0.2, 0) is 6.54 Å². The van der Waals surface area contributed by atoms with Crippen LogP contribution >= 0.6 is 35.0 Å². The molecule has 110 valence electrons. The van der Waals surface area contributed by atoms with Gasteiger partial charge in [-0.3, -0.25) is 4.99 Å². The van der Waals surface area contributed by atoms with Gasteiger partial charge in [0.15, 0.2) is 5.17 Å². The lowest BCUT2D eigenvalue weighted by Gasteiger charge is -2.20. The van der Waals surface area contributed by atoms with Crippen LogP contribution in [0.5, 0.6) is 0 Å². The second kappa shape index (κ2) is 7.74. The predicted molar refractivity (Wildman–Crippen MR) is 96.0 cm³/mol. The van der Waals surface area contributed by atoms with Gasteiger partial charge in [0.25, 0.3) is 0 Å². The lowest BCUT2D eigenvalue weighted by atomic mass is 10.2. The van der Waals surface area contributed by atoms with Gasteiger partial charge >= 0.3 is 0 Å². The number of aliphatic imine (C=N–C) groups is 1. The Hall–Kier alpha value is -1.16. The maximum absolute atomic E-state index is 6.06. The van der Waals surface area contributed by atoms with Crippen molar-refractivity contribution in [3.05, 3.63) is 64.1 Å². The van der Waals surface area contributed by atoms with Crippen molar-refractivity contribution in [3.63, 3.8) is 0 Å². The average Bonchev–Trinajstić information content (AvgIpc) is 2.47. The largest absolute Gasteiger partial charge is 0.324 e. The highest BCUT2D eigenvalue weighted by Crippen LogP contribution is 2.26. The molecule has 0 saturated heterocycles. The van der Waals surface area contributed by atoms with Gasteiger partial charge in [0.1, 0.15) is 0 Å². The van der Waals surface area contributed by atoms with E-state index in [0.29, 0.717) is 16.6 Å². The molecule has 5 heteroatoms. The molecule has 0 amide bonds. The number of nitrogens with zero attached hydrogens (tertiary/aromatic N) is 2. The van der Waals surface area contributed by atoms with Gasteiger partial charge in [-0.15, -0.1) is 0 Å². The Morgan fingerprint density at radius 2 is 1.71 bits per heavy atom. The van der Waals surface area contributed by atoms with E-state index in [4.69, 9.17) is 23.2 Å². The smallest absolute Gasteiger partial charge is 0.163 e. The Morgan fingerprint density at radius 3 is 2.29 bits per heavy atom. The van der Waals surface area contributed by atoms with Gasteiger partial charge in [0.2, 0.25) is 0 Å². The van der Waals surface area contributed by atoms with E-state index in [-0.39, 0.29) is 0 Å². The lowest BCUT2D eigenvalue weighted by Crippen LogP contribution is -2.23. The first kappa shape index (κ1) is 16.2. The van der Waals surface area contributed by atoms with Crippen LogP contribution in [0.3, 0.4) is 0 Å². The molecule has 0 heterocycles. The van der Waals surface area contributed by atoms with Crippen LogP contribution in [0, 0.1) is 0 Å². The number of halogens is 2. The third-order valence-corrected chi connectivity index (χ3v) is 4.15. The number of anilines is 1. The van der Waals surface area contributed by atoms with Crippen LogP contribution in [-0.4, -0.2) is 18.5 Å². The van der Waals surface area contributed by atoms with Crippen molar-refractivity contribution in [2.24, 2.45) is 4.99 Å². The van der Waals surface area contributed by atoms with Gasteiger partial charge < -0.3 is 4.90 Å². The number of thioether (sulfide) groups is 1. The Kier molecular flexibility index (Phi) is 5.97. The van der Waals surface area contributed by atoms with Gasteiger partial charge in [-0.05, 0) is 30.0 Å². The maximum Gasteiger partial charge on any atom is 0.163 e. The second-order valence-electron chi connectivity index (χ2n) is 4.48. The molecule has 0 saturated carbocycles. The van der Waals surface area contributed by atoms with E-state index >= 15 is 0 Å². The quantitative estimate of drug-likeness (QED) is 0.553. The van der Waals surface area contributed by atoms with Gasteiger partial charge in [-0.2, -0.15) is 0 Å². The fraction of sp³-hybridized carbons (Fsp3) is 0.188. The van der Waals surface area contributed by atoms with Crippen molar-refractivity contribution in [3.8, 4) is 0 Å². The van der Waals surface area contributed by atoms with E-state index in [9.17, 15) is 0 Å². The van der Waals surface area contributed by atoms with E-state index in [1.807, 2.05) is 48.5 Å². The summed E-state index contributed by atoms with van der Waals surface area (Å²) >= 11 is 13.7. The molecular formula is C16H16Cl2N2S. The minimum absolute atomic E-state index is 0.618. The van der Waals surface area contributed by atoms with Crippen LogP contribution in [0.2, 0.25) is 10.0 Å². The third kappa shape index (κ3) is 4.67. The summed E-state index contributed by atoms with van der Waals surface area (Å²) in [6.45, 7) is 0.648. The minimum Gasteiger partial charge on any atom is -0.324 e. The number of hydrogen-bond donors (Lipinski definition) is 0. The second-order valence-corrected chi connectivity index (χ2v) is 6.12. The molecule has 0 aliphatic rings. The predicted octanol–water partition coefficient (Wildman–Crippen LogP) is 5.35. The Bertz CT molecular complexity index is 609. The summed E-state index contributed by atoms with van der Waals surface area (Å²) in [6, 6.07) is 15.6. The zero-order valence-corrected chi connectivity index (χ0v) is 14.2. The summed E-state index contributed by atoms with van der Waals surface area (Å²) in [5.41, 5.74) is 2.11. The third-order valence-electron chi connectivity index (χ3n) is 2.94. The molecule has 0 spiro atoms. The van der Waals surface area contributed by atoms with Gasteiger partial charge in [-0.1, -0.05) is 65.3 Å². The molecule has 0 aliphatic heterocycles. The van der Waals surface area contributed by atoms with Gasteiger partial charge in [-0.25, -0.2) is 0 Å². The molecular weight excluding hydrogens is 323 g/mol. The topological polar surface area (TPSA) is 15.6 Å². The van der Waals surface area contributed by atoms with E-state index in [0.717, 1.165) is 10.9 Å². The Balaban J connectivity index is 2.19. The van der Waals surface area contributed by atoms with E-state index in [1.54, 1.807) is 17.8 Å². The normalized spacial score (nSPS) is 11.5. The van der Waals surface area contributed by atoms with Crippen LogP contribution in [0.15, 0.2) is 53.5 Å². The summed E-state index contributed by atoms with van der Waals surface area (Å²) in [4.78, 5) is 6.66. The van der Waals surface area contributed by atoms with Crippen molar-refractivity contribution in [2.75, 3.05) is 18.2 Å². The average molecular weight is 339 g/mol. The first-order valence-electron chi connectivity index (χ1n) is 6.42. The lowest BCUT2D eigenvalue weighted by molar-refractivity contribution is 1.06. The molecule has 0 N–H and O–H groups in total. The molecule has 0 radical (unpaired) electrons. The molecule has 2 rings (SSSR count). The summed E-state index contributed by atoms with van der Waals surface area (Å²) in [7, 11) is 1.96. The zero-order chi connectivity index (χ0) is 15.2. The van der Waals surface area contributed by atoms with Gasteiger partial charge in [0.05, 0.1) is 6.54 Å². The summed E-state index contributed by atoms with van der Waals surface area (Å²) in [5, 5.41) is 2.15. The fourth-order valence-electron chi connectivity index (χ4n) is 1.89. The number of benzene rings is 2. The molecule has 2 aromatic rings. The van der Waals surface area contributed by atoms with Crippen molar-refractivity contribution in [1.82, 2.24) is 0 Å². The van der Waals surface area contributed by atoms with E-state index in [2.05, 4.69) is 17.1 Å². The highest BCUT2D eigenvalue weighted by molar-refractivity contribution is 8.13. The summed E-state index contributed by atoms with van der Waals surface area (Å²) < 4.78 is 0. The number of amidine groups is 1. The van der Waals surface area contributed by atoms with Crippen LogP contribution in [0.25, 0.3) is 0 Å². The first-order valence-corrected chi connectivity index (χ1v) is 8.40. The van der Waals surface area contributed by atoms with E-state index in [1.165, 1.54) is 5.56 Å². The molecule has 2 nitrogen and oxygen atoms in total.